The minimum Gasteiger partial charge on any atom is -0.342 e. The second-order valence-corrected chi connectivity index (χ2v) is 8.04. The Morgan fingerprint density at radius 1 is 1.19 bits per heavy atom. The SMILES string of the molecule is C#Cc1c(-c2ccc(C#N)c(F)c2)nc(N2CCC(N)CC2)n(C)c1=O.C1CCCC1. The molecule has 0 unspecified atom stereocenters. The minimum atomic E-state index is -0.680. The molecule has 162 valence electrons. The van der Waals surface area contributed by atoms with E-state index >= 15 is 0 Å². The van der Waals surface area contributed by atoms with Crippen molar-refractivity contribution in [2.75, 3.05) is 18.0 Å². The average Bonchev–Trinajstić information content (AvgIpc) is 3.36. The molecule has 2 heterocycles. The summed E-state index contributed by atoms with van der Waals surface area (Å²) in [6, 6.07) is 5.98. The van der Waals surface area contributed by atoms with Gasteiger partial charge in [0.1, 0.15) is 17.4 Å². The van der Waals surface area contributed by atoms with Crippen LogP contribution < -0.4 is 16.2 Å². The summed E-state index contributed by atoms with van der Waals surface area (Å²) in [6.45, 7) is 1.36. The van der Waals surface area contributed by atoms with Gasteiger partial charge in [-0.1, -0.05) is 44.1 Å². The van der Waals surface area contributed by atoms with Gasteiger partial charge in [0, 0.05) is 31.7 Å². The Morgan fingerprint density at radius 2 is 1.81 bits per heavy atom. The maximum atomic E-state index is 14.0. The van der Waals surface area contributed by atoms with Crippen LogP contribution in [0.5, 0.6) is 0 Å². The molecular weight excluding hydrogens is 393 g/mol. The summed E-state index contributed by atoms with van der Waals surface area (Å²) in [6.07, 6.45) is 14.6. The van der Waals surface area contributed by atoms with E-state index in [-0.39, 0.29) is 28.4 Å². The van der Waals surface area contributed by atoms with E-state index in [1.54, 1.807) is 19.2 Å². The fraction of sp³-hybridized carbons (Fsp3) is 0.458. The summed E-state index contributed by atoms with van der Waals surface area (Å²) in [5.41, 5.74) is 6.16. The molecule has 2 N–H and O–H groups in total. The van der Waals surface area contributed by atoms with Crippen molar-refractivity contribution in [3.63, 3.8) is 0 Å². The lowest BCUT2D eigenvalue weighted by atomic mass is 10.0. The van der Waals surface area contributed by atoms with E-state index in [0.29, 0.717) is 24.6 Å². The first kappa shape index (κ1) is 22.5. The van der Waals surface area contributed by atoms with Gasteiger partial charge in [0.05, 0.1) is 11.3 Å². The second-order valence-electron chi connectivity index (χ2n) is 8.04. The molecule has 7 heteroatoms. The van der Waals surface area contributed by atoms with Crippen molar-refractivity contribution in [1.82, 2.24) is 9.55 Å². The van der Waals surface area contributed by atoms with Crippen LogP contribution in [0.25, 0.3) is 11.3 Å². The highest BCUT2D eigenvalue weighted by atomic mass is 19.1. The van der Waals surface area contributed by atoms with E-state index in [9.17, 15) is 9.18 Å². The van der Waals surface area contributed by atoms with E-state index < -0.39 is 5.82 Å². The van der Waals surface area contributed by atoms with Gasteiger partial charge in [-0.3, -0.25) is 9.36 Å². The number of halogens is 1. The molecule has 1 aliphatic carbocycles. The van der Waals surface area contributed by atoms with Crippen LogP contribution in [0.4, 0.5) is 10.3 Å². The van der Waals surface area contributed by atoms with Crippen molar-refractivity contribution in [2.45, 2.75) is 51.0 Å². The molecule has 2 aromatic rings. The molecule has 0 atom stereocenters. The van der Waals surface area contributed by atoms with Crippen molar-refractivity contribution in [3.8, 4) is 29.7 Å². The van der Waals surface area contributed by atoms with Gasteiger partial charge < -0.3 is 10.6 Å². The number of nitrogens with two attached hydrogens (primary N) is 1. The number of hydrogen-bond acceptors (Lipinski definition) is 5. The number of rotatable bonds is 2. The van der Waals surface area contributed by atoms with Gasteiger partial charge in [0.2, 0.25) is 5.95 Å². The molecule has 0 radical (unpaired) electrons. The topological polar surface area (TPSA) is 87.9 Å². The number of nitriles is 1. The van der Waals surface area contributed by atoms with Gasteiger partial charge in [0.25, 0.3) is 5.56 Å². The van der Waals surface area contributed by atoms with E-state index in [0.717, 1.165) is 12.8 Å². The molecular formula is C24H28FN5O. The van der Waals surface area contributed by atoms with E-state index in [1.165, 1.54) is 48.8 Å². The summed E-state index contributed by atoms with van der Waals surface area (Å²) >= 11 is 0. The maximum Gasteiger partial charge on any atom is 0.271 e. The predicted molar refractivity (Wildman–Crippen MR) is 120 cm³/mol. The molecule has 2 aliphatic rings. The van der Waals surface area contributed by atoms with Crippen LogP contribution >= 0.6 is 0 Å². The van der Waals surface area contributed by atoms with Gasteiger partial charge in [-0.15, -0.1) is 6.42 Å². The minimum absolute atomic E-state index is 0.0640. The largest absolute Gasteiger partial charge is 0.342 e. The molecule has 31 heavy (non-hydrogen) atoms. The summed E-state index contributed by atoms with van der Waals surface area (Å²) in [5.74, 6) is 2.16. The molecule has 1 aromatic carbocycles. The van der Waals surface area contributed by atoms with E-state index in [4.69, 9.17) is 17.4 Å². The van der Waals surface area contributed by atoms with E-state index in [2.05, 4.69) is 10.9 Å². The lowest BCUT2D eigenvalue weighted by Gasteiger charge is -2.32. The number of aromatic nitrogens is 2. The third kappa shape index (κ3) is 5.13. The van der Waals surface area contributed by atoms with Crippen molar-refractivity contribution in [1.29, 1.82) is 5.26 Å². The molecule has 0 bridgehead atoms. The Kier molecular flexibility index (Phi) is 7.44. The fourth-order valence-electron chi connectivity index (χ4n) is 3.95. The predicted octanol–water partition coefficient (Wildman–Crippen LogP) is 3.32. The smallest absolute Gasteiger partial charge is 0.271 e. The maximum absolute atomic E-state index is 14.0. The third-order valence-corrected chi connectivity index (χ3v) is 5.85. The highest BCUT2D eigenvalue weighted by Gasteiger charge is 2.23. The van der Waals surface area contributed by atoms with E-state index in [1.807, 2.05) is 4.90 Å². The number of benzene rings is 1. The number of hydrogen-bond donors (Lipinski definition) is 1. The molecule has 0 amide bonds. The highest BCUT2D eigenvalue weighted by molar-refractivity contribution is 5.68. The summed E-state index contributed by atoms with van der Waals surface area (Å²) in [7, 11) is 1.61. The molecule has 2 fully saturated rings. The Bertz CT molecular complexity index is 1060. The summed E-state index contributed by atoms with van der Waals surface area (Å²) < 4.78 is 15.5. The second kappa shape index (κ2) is 10.2. The first-order valence-electron chi connectivity index (χ1n) is 10.7. The molecule has 1 aromatic heterocycles. The van der Waals surface area contributed by atoms with Crippen LogP contribution in [0.15, 0.2) is 23.0 Å². The molecule has 0 spiro atoms. The van der Waals surface area contributed by atoms with Crippen molar-refractivity contribution in [2.24, 2.45) is 12.8 Å². The Hall–Kier alpha value is -3.16. The Morgan fingerprint density at radius 3 is 2.32 bits per heavy atom. The normalized spacial score (nSPS) is 16.2. The molecule has 1 saturated carbocycles. The number of nitrogens with zero attached hydrogens (tertiary/aromatic N) is 4. The third-order valence-electron chi connectivity index (χ3n) is 5.85. The van der Waals surface area contributed by atoms with Crippen molar-refractivity contribution < 1.29 is 4.39 Å². The molecule has 1 saturated heterocycles. The average molecular weight is 422 g/mol. The summed E-state index contributed by atoms with van der Waals surface area (Å²) in [5, 5.41) is 8.89. The first-order chi connectivity index (χ1) is 15.0. The van der Waals surface area contributed by atoms with Crippen molar-refractivity contribution >= 4 is 5.95 Å². The zero-order chi connectivity index (χ0) is 22.4. The van der Waals surface area contributed by atoms with Crippen LogP contribution in [-0.4, -0.2) is 28.7 Å². The molecule has 4 rings (SSSR count). The Labute approximate surface area is 182 Å². The van der Waals surface area contributed by atoms with Crippen LogP contribution in [-0.2, 0) is 7.05 Å². The van der Waals surface area contributed by atoms with Gasteiger partial charge in [-0.05, 0) is 25.0 Å². The number of terminal acetylenes is 1. The standard InChI is InChI=1S/C19H18FN5O.C5H10/c1-3-15-17(12-4-5-13(11-21)16(20)10-12)23-19(24(2)18(15)26)25-8-6-14(22)7-9-25;1-2-4-5-3-1/h1,4-5,10,14H,6-9,22H2,2H3;1-5H2. The van der Waals surface area contributed by atoms with Crippen LogP contribution in [0.3, 0.4) is 0 Å². The monoisotopic (exact) mass is 421 g/mol. The number of piperidine rings is 1. The Balaban J connectivity index is 0.000000478. The fourth-order valence-corrected chi connectivity index (χ4v) is 3.95. The van der Waals surface area contributed by atoms with Gasteiger partial charge in [-0.2, -0.15) is 5.26 Å². The van der Waals surface area contributed by atoms with Crippen LogP contribution in [0.1, 0.15) is 56.1 Å². The van der Waals surface area contributed by atoms with Gasteiger partial charge in [-0.25, -0.2) is 9.37 Å². The lowest BCUT2D eigenvalue weighted by Crippen LogP contribution is -2.42. The lowest BCUT2D eigenvalue weighted by molar-refractivity contribution is 0.490. The van der Waals surface area contributed by atoms with Gasteiger partial charge >= 0.3 is 0 Å². The van der Waals surface area contributed by atoms with Crippen LogP contribution in [0.2, 0.25) is 0 Å². The van der Waals surface area contributed by atoms with Crippen molar-refractivity contribution in [3.05, 3.63) is 45.5 Å². The quantitative estimate of drug-likeness (QED) is 0.752. The molecule has 6 nitrogen and oxygen atoms in total. The first-order valence-corrected chi connectivity index (χ1v) is 10.7. The zero-order valence-electron chi connectivity index (χ0n) is 17.9. The highest BCUT2D eigenvalue weighted by Crippen LogP contribution is 2.25. The number of anilines is 1. The zero-order valence-corrected chi connectivity index (χ0v) is 17.9. The van der Waals surface area contributed by atoms with Gasteiger partial charge in [0.15, 0.2) is 0 Å². The van der Waals surface area contributed by atoms with Crippen LogP contribution in [0, 0.1) is 29.5 Å². The molecule has 1 aliphatic heterocycles. The summed E-state index contributed by atoms with van der Waals surface area (Å²) in [4.78, 5) is 19.3.